The lowest BCUT2D eigenvalue weighted by atomic mass is 10.1. The van der Waals surface area contributed by atoms with Crippen molar-refractivity contribution >= 4 is 11.6 Å². The van der Waals surface area contributed by atoms with Crippen LogP contribution in [0.25, 0.3) is 5.65 Å². The van der Waals surface area contributed by atoms with E-state index in [1.54, 1.807) is 7.05 Å². The number of hydrogen-bond acceptors (Lipinski definition) is 3. The molecule has 0 aliphatic carbocycles. The van der Waals surface area contributed by atoms with Crippen LogP contribution in [0.1, 0.15) is 42.4 Å². The van der Waals surface area contributed by atoms with E-state index >= 15 is 0 Å². The van der Waals surface area contributed by atoms with Gasteiger partial charge in [0.15, 0.2) is 5.96 Å². The van der Waals surface area contributed by atoms with Crippen molar-refractivity contribution in [2.45, 2.75) is 39.8 Å². The summed E-state index contributed by atoms with van der Waals surface area (Å²) in [4.78, 5) is 11.2. The topological polar surface area (TPSA) is 62.8 Å². The summed E-state index contributed by atoms with van der Waals surface area (Å²) in [6, 6.07) is 6.13. The van der Waals surface area contributed by atoms with Crippen LogP contribution in [-0.2, 0) is 20.1 Å². The van der Waals surface area contributed by atoms with Gasteiger partial charge in [0.25, 0.3) is 0 Å². The van der Waals surface area contributed by atoms with E-state index in [4.69, 9.17) is 0 Å². The minimum absolute atomic E-state index is 0.394. The molecule has 3 heterocycles. The van der Waals surface area contributed by atoms with Crippen LogP contribution in [0, 0.1) is 6.92 Å². The molecule has 0 spiro atoms. The Balaban J connectivity index is 1.68. The maximum atomic E-state index is 4.68. The molecule has 7 heteroatoms. The molecule has 0 amide bonds. The van der Waals surface area contributed by atoms with Gasteiger partial charge in [-0.05, 0) is 25.0 Å². The second-order valence-corrected chi connectivity index (χ2v) is 7.25. The number of rotatable bonds is 5. The van der Waals surface area contributed by atoms with Crippen LogP contribution >= 0.6 is 0 Å². The highest BCUT2D eigenvalue weighted by molar-refractivity contribution is 5.79. The van der Waals surface area contributed by atoms with E-state index in [1.807, 2.05) is 30.9 Å². The van der Waals surface area contributed by atoms with Gasteiger partial charge < -0.3 is 14.6 Å². The maximum absolute atomic E-state index is 4.68. The summed E-state index contributed by atoms with van der Waals surface area (Å²) < 4.78 is 3.99. The number of imidazole rings is 1. The number of aromatic nitrogens is 4. The Labute approximate surface area is 160 Å². The largest absolute Gasteiger partial charge is 0.351 e. The van der Waals surface area contributed by atoms with Gasteiger partial charge in [0.1, 0.15) is 5.65 Å². The average Bonchev–Trinajstić information content (AvgIpc) is 3.19. The molecule has 1 N–H and O–H groups in total. The first-order chi connectivity index (χ1) is 12.9. The molecule has 3 aromatic rings. The molecule has 27 heavy (non-hydrogen) atoms. The number of aryl methyl sites for hydroxylation is 2. The minimum atomic E-state index is 0.394. The lowest BCUT2D eigenvalue weighted by molar-refractivity contribution is 0.473. The highest BCUT2D eigenvalue weighted by atomic mass is 15.3. The number of fused-ring (bicyclic) bond motifs is 1. The van der Waals surface area contributed by atoms with Crippen LogP contribution in [-0.4, -0.2) is 44.1 Å². The van der Waals surface area contributed by atoms with Crippen molar-refractivity contribution in [3.63, 3.8) is 0 Å². The van der Waals surface area contributed by atoms with Crippen LogP contribution in [0.4, 0.5) is 0 Å². The van der Waals surface area contributed by atoms with Gasteiger partial charge in [0, 0.05) is 51.3 Å². The number of nitrogens with zero attached hydrogens (tertiary/aromatic N) is 6. The molecule has 0 radical (unpaired) electrons. The molecule has 7 nitrogen and oxygen atoms in total. The first-order valence-corrected chi connectivity index (χ1v) is 9.26. The first kappa shape index (κ1) is 18.9. The van der Waals surface area contributed by atoms with Crippen molar-refractivity contribution in [1.29, 1.82) is 0 Å². The fourth-order valence-corrected chi connectivity index (χ4v) is 3.33. The molecule has 0 saturated carbocycles. The zero-order valence-corrected chi connectivity index (χ0v) is 17.1. The van der Waals surface area contributed by atoms with Crippen molar-refractivity contribution in [3.8, 4) is 0 Å². The van der Waals surface area contributed by atoms with E-state index in [0.29, 0.717) is 12.5 Å². The fraction of sp³-hybridized carbons (Fsp3) is 0.450. The summed E-state index contributed by atoms with van der Waals surface area (Å²) in [6.07, 6.45) is 4.16. The monoisotopic (exact) mass is 367 g/mol. The summed E-state index contributed by atoms with van der Waals surface area (Å²) >= 11 is 0. The standard InChI is InChI=1S/C20H29N7/c1-14(2)19-16(12-26(6)24-19)11-25(5)20(21-4)22-10-17-13-27-15(3)8-7-9-18(27)23-17/h7-9,12-14H,10-11H2,1-6H3,(H,21,22). The van der Waals surface area contributed by atoms with E-state index in [0.717, 1.165) is 29.5 Å². The molecule has 0 aliphatic heterocycles. The van der Waals surface area contributed by atoms with Crippen molar-refractivity contribution < 1.29 is 0 Å². The van der Waals surface area contributed by atoms with E-state index in [1.165, 1.54) is 11.3 Å². The lowest BCUT2D eigenvalue weighted by Gasteiger charge is -2.22. The molecule has 0 aromatic carbocycles. The molecule has 0 aliphatic rings. The molecule has 3 aromatic heterocycles. The van der Waals surface area contributed by atoms with E-state index in [2.05, 4.69) is 68.9 Å². The van der Waals surface area contributed by atoms with Gasteiger partial charge in [-0.15, -0.1) is 0 Å². The summed E-state index contributed by atoms with van der Waals surface area (Å²) in [7, 11) is 5.81. The molecule has 0 fully saturated rings. The van der Waals surface area contributed by atoms with Gasteiger partial charge in [0.2, 0.25) is 0 Å². The third kappa shape index (κ3) is 4.13. The Morgan fingerprint density at radius 3 is 2.74 bits per heavy atom. The SMILES string of the molecule is CN=C(NCc1cn2c(C)cccc2n1)N(C)Cc1cn(C)nc1C(C)C. The van der Waals surface area contributed by atoms with E-state index < -0.39 is 0 Å². The van der Waals surface area contributed by atoms with Gasteiger partial charge in [0.05, 0.1) is 17.9 Å². The van der Waals surface area contributed by atoms with Crippen LogP contribution in [0.15, 0.2) is 35.6 Å². The maximum Gasteiger partial charge on any atom is 0.194 e. The Morgan fingerprint density at radius 1 is 1.30 bits per heavy atom. The fourth-order valence-electron chi connectivity index (χ4n) is 3.33. The van der Waals surface area contributed by atoms with E-state index in [9.17, 15) is 0 Å². The Hall–Kier alpha value is -2.83. The summed E-state index contributed by atoms with van der Waals surface area (Å²) in [6.45, 7) is 7.81. The third-order valence-electron chi connectivity index (χ3n) is 4.64. The number of nitrogens with one attached hydrogen (secondary N) is 1. The van der Waals surface area contributed by atoms with Gasteiger partial charge in [-0.3, -0.25) is 9.67 Å². The predicted molar refractivity (Wildman–Crippen MR) is 109 cm³/mol. The molecule has 0 bridgehead atoms. The van der Waals surface area contributed by atoms with Crippen LogP contribution < -0.4 is 5.32 Å². The average molecular weight is 368 g/mol. The third-order valence-corrected chi connectivity index (χ3v) is 4.64. The molecular formula is C20H29N7. The number of pyridine rings is 1. The Bertz CT molecular complexity index is 949. The van der Waals surface area contributed by atoms with Crippen molar-refractivity contribution in [2.24, 2.45) is 12.0 Å². The normalized spacial score (nSPS) is 12.2. The highest BCUT2D eigenvalue weighted by Gasteiger charge is 2.15. The smallest absolute Gasteiger partial charge is 0.194 e. The number of aliphatic imine (C=N–C) groups is 1. The van der Waals surface area contributed by atoms with Gasteiger partial charge in [-0.25, -0.2) is 4.98 Å². The van der Waals surface area contributed by atoms with Crippen LogP contribution in [0.3, 0.4) is 0 Å². The van der Waals surface area contributed by atoms with Crippen molar-refractivity contribution in [1.82, 2.24) is 29.4 Å². The van der Waals surface area contributed by atoms with Gasteiger partial charge >= 0.3 is 0 Å². The second kappa shape index (κ2) is 7.82. The van der Waals surface area contributed by atoms with Gasteiger partial charge in [-0.2, -0.15) is 5.10 Å². The zero-order valence-electron chi connectivity index (χ0n) is 17.1. The molecular weight excluding hydrogens is 338 g/mol. The quantitative estimate of drug-likeness (QED) is 0.556. The van der Waals surface area contributed by atoms with Crippen LogP contribution in [0.5, 0.6) is 0 Å². The zero-order chi connectivity index (χ0) is 19.6. The summed E-state index contributed by atoms with van der Waals surface area (Å²) in [5.41, 5.74) is 5.48. The minimum Gasteiger partial charge on any atom is -0.351 e. The molecule has 3 rings (SSSR count). The molecule has 0 atom stereocenters. The van der Waals surface area contributed by atoms with Crippen molar-refractivity contribution in [2.75, 3.05) is 14.1 Å². The Morgan fingerprint density at radius 2 is 2.07 bits per heavy atom. The highest BCUT2D eigenvalue weighted by Crippen LogP contribution is 2.18. The number of hydrogen-bond donors (Lipinski definition) is 1. The summed E-state index contributed by atoms with van der Waals surface area (Å²) in [5.74, 6) is 1.23. The summed E-state index contributed by atoms with van der Waals surface area (Å²) in [5, 5.41) is 8.01. The second-order valence-electron chi connectivity index (χ2n) is 7.25. The van der Waals surface area contributed by atoms with Crippen molar-refractivity contribution in [3.05, 3.63) is 53.2 Å². The first-order valence-electron chi connectivity index (χ1n) is 9.26. The molecule has 0 unspecified atom stereocenters. The van der Waals surface area contributed by atoms with Crippen LogP contribution in [0.2, 0.25) is 0 Å². The van der Waals surface area contributed by atoms with E-state index in [-0.39, 0.29) is 0 Å². The molecule has 0 saturated heterocycles. The molecule has 144 valence electrons. The predicted octanol–water partition coefficient (Wildman–Crippen LogP) is 2.71. The number of guanidine groups is 1. The Kier molecular flexibility index (Phi) is 5.48. The lowest BCUT2D eigenvalue weighted by Crippen LogP contribution is -2.38. The van der Waals surface area contributed by atoms with Gasteiger partial charge in [-0.1, -0.05) is 19.9 Å².